The van der Waals surface area contributed by atoms with E-state index in [9.17, 15) is 9.59 Å². The Hall–Kier alpha value is -0.860. The Bertz CT molecular complexity index is 177. The van der Waals surface area contributed by atoms with E-state index in [0.29, 0.717) is 0 Å². The molecule has 0 aromatic rings. The highest BCUT2D eigenvalue weighted by atomic mass is 16.5. The number of Topliss-reactive ketones (excluding diaryl/α,β-unsaturated/α-hetero) is 2. The van der Waals surface area contributed by atoms with Gasteiger partial charge < -0.3 is 25.5 Å². The first-order chi connectivity index (χ1) is 6.36. The Morgan fingerprint density at radius 3 is 1.57 bits per heavy atom. The van der Waals surface area contributed by atoms with Crippen molar-refractivity contribution in [3.8, 4) is 0 Å². The fourth-order valence-electron chi connectivity index (χ4n) is 0.207. The molecular formula is C7H14O7. The van der Waals surface area contributed by atoms with Gasteiger partial charge in [0.1, 0.15) is 12.7 Å². The van der Waals surface area contributed by atoms with Crippen LogP contribution in [0.25, 0.3) is 0 Å². The molecule has 0 rings (SSSR count). The molecule has 0 aliphatic heterocycles. The third-order valence-corrected chi connectivity index (χ3v) is 1.06. The predicted octanol–water partition coefficient (Wildman–Crippen LogP) is -3.21. The van der Waals surface area contributed by atoms with E-state index in [-0.39, 0.29) is 0 Å². The van der Waals surface area contributed by atoms with Gasteiger partial charge in [0, 0.05) is 0 Å². The molecule has 1 atom stereocenters. The van der Waals surface area contributed by atoms with Crippen LogP contribution in [0.2, 0.25) is 0 Å². The van der Waals surface area contributed by atoms with Gasteiger partial charge in [-0.3, -0.25) is 9.59 Å². The highest BCUT2D eigenvalue weighted by Crippen LogP contribution is 1.80. The molecule has 0 radical (unpaired) electrons. The Labute approximate surface area is 80.2 Å². The van der Waals surface area contributed by atoms with Gasteiger partial charge in [0.2, 0.25) is 6.29 Å². The van der Waals surface area contributed by atoms with E-state index < -0.39 is 37.2 Å². The molecule has 5 N–H and O–H groups in total. The summed E-state index contributed by atoms with van der Waals surface area (Å²) in [5.41, 5.74) is 0. The topological polar surface area (TPSA) is 135 Å². The fraction of sp³-hybridized carbons (Fsp3) is 0.714. The highest BCUT2D eigenvalue weighted by molar-refractivity contribution is 5.83. The van der Waals surface area contributed by atoms with Crippen LogP contribution in [-0.2, 0) is 9.59 Å². The van der Waals surface area contributed by atoms with E-state index in [4.69, 9.17) is 25.5 Å². The summed E-state index contributed by atoms with van der Waals surface area (Å²) in [6, 6.07) is 0. The molecular weight excluding hydrogens is 196 g/mol. The Kier molecular flexibility index (Phi) is 9.73. The number of aliphatic hydroxyl groups is 5. The lowest BCUT2D eigenvalue weighted by Crippen LogP contribution is -2.26. The Balaban J connectivity index is 0. The van der Waals surface area contributed by atoms with Crippen LogP contribution < -0.4 is 0 Å². The number of ketones is 2. The minimum Gasteiger partial charge on any atom is -0.393 e. The normalized spacial score (nSPS) is 11.6. The first-order valence-corrected chi connectivity index (χ1v) is 3.65. The van der Waals surface area contributed by atoms with Gasteiger partial charge in [-0.1, -0.05) is 0 Å². The standard InChI is InChI=1S/C4H8O4.C3H6O3/c5-1-3(7)4(8)2-6;1-2(4)3(5)6/h3,5-7H,1-2H2;3,5-6H,1H3/t3-;/m1./s1. The number of hydrogen-bond acceptors (Lipinski definition) is 7. The van der Waals surface area contributed by atoms with Crippen LogP contribution in [0.3, 0.4) is 0 Å². The molecule has 0 amide bonds. The van der Waals surface area contributed by atoms with Gasteiger partial charge in [-0.25, -0.2) is 0 Å². The number of carbonyl (C=O) groups is 2. The molecule has 0 saturated heterocycles. The number of aliphatic hydroxyl groups excluding tert-OH is 4. The van der Waals surface area contributed by atoms with E-state index in [1.807, 2.05) is 0 Å². The second-order valence-corrected chi connectivity index (χ2v) is 2.31. The van der Waals surface area contributed by atoms with Gasteiger partial charge in [-0.15, -0.1) is 0 Å². The molecule has 84 valence electrons. The monoisotopic (exact) mass is 210 g/mol. The third kappa shape index (κ3) is 9.23. The quantitative estimate of drug-likeness (QED) is 0.308. The lowest BCUT2D eigenvalue weighted by Gasteiger charge is -2.00. The molecule has 7 nitrogen and oxygen atoms in total. The van der Waals surface area contributed by atoms with Crippen molar-refractivity contribution in [3.63, 3.8) is 0 Å². The summed E-state index contributed by atoms with van der Waals surface area (Å²) in [6.07, 6.45) is -3.20. The first-order valence-electron chi connectivity index (χ1n) is 3.65. The van der Waals surface area contributed by atoms with Crippen molar-refractivity contribution in [2.24, 2.45) is 0 Å². The lowest BCUT2D eigenvalue weighted by molar-refractivity contribution is -0.142. The third-order valence-electron chi connectivity index (χ3n) is 1.06. The second-order valence-electron chi connectivity index (χ2n) is 2.31. The summed E-state index contributed by atoms with van der Waals surface area (Å²) < 4.78 is 0. The zero-order valence-electron chi connectivity index (χ0n) is 7.62. The summed E-state index contributed by atoms with van der Waals surface area (Å²) in [4.78, 5) is 19.7. The first kappa shape index (κ1) is 15.6. The van der Waals surface area contributed by atoms with Crippen LogP contribution in [0.15, 0.2) is 0 Å². The zero-order valence-corrected chi connectivity index (χ0v) is 7.62. The summed E-state index contributed by atoms with van der Waals surface area (Å²) in [7, 11) is 0. The van der Waals surface area contributed by atoms with Crippen LogP contribution >= 0.6 is 0 Å². The molecule has 0 spiro atoms. The van der Waals surface area contributed by atoms with Crippen LogP contribution in [-0.4, -0.2) is 62.7 Å². The maximum atomic E-state index is 10.1. The maximum absolute atomic E-state index is 10.1. The molecule has 0 aliphatic rings. The fourth-order valence-corrected chi connectivity index (χ4v) is 0.207. The minimum absolute atomic E-state index is 0.626. The van der Waals surface area contributed by atoms with E-state index in [1.54, 1.807) is 0 Å². The average Bonchev–Trinajstić information content (AvgIpc) is 2.16. The van der Waals surface area contributed by atoms with Crippen molar-refractivity contribution in [2.75, 3.05) is 13.2 Å². The summed E-state index contributed by atoms with van der Waals surface area (Å²) in [5.74, 6) is -1.39. The zero-order chi connectivity index (χ0) is 11.7. The molecule has 0 fully saturated rings. The van der Waals surface area contributed by atoms with E-state index >= 15 is 0 Å². The van der Waals surface area contributed by atoms with Crippen LogP contribution in [0.1, 0.15) is 6.92 Å². The van der Waals surface area contributed by atoms with Gasteiger partial charge >= 0.3 is 0 Å². The van der Waals surface area contributed by atoms with Gasteiger partial charge in [0.15, 0.2) is 11.6 Å². The van der Waals surface area contributed by atoms with Crippen molar-refractivity contribution in [1.29, 1.82) is 0 Å². The molecule has 0 heterocycles. The van der Waals surface area contributed by atoms with Crippen molar-refractivity contribution < 1.29 is 35.1 Å². The van der Waals surface area contributed by atoms with Gasteiger partial charge in [-0.05, 0) is 6.92 Å². The maximum Gasteiger partial charge on any atom is 0.212 e. The molecule has 7 heteroatoms. The molecule has 14 heavy (non-hydrogen) atoms. The van der Waals surface area contributed by atoms with Crippen LogP contribution in [0, 0.1) is 0 Å². The number of rotatable bonds is 4. The molecule has 0 aromatic carbocycles. The number of hydrogen-bond donors (Lipinski definition) is 5. The number of carbonyl (C=O) groups excluding carboxylic acids is 2. The summed E-state index contributed by atoms with van der Waals surface area (Å²) in [6.45, 7) is -0.244. The average molecular weight is 210 g/mol. The summed E-state index contributed by atoms with van der Waals surface area (Å²) in [5, 5.41) is 40.1. The van der Waals surface area contributed by atoms with E-state index in [1.165, 1.54) is 0 Å². The summed E-state index contributed by atoms with van der Waals surface area (Å²) >= 11 is 0. The molecule has 0 saturated carbocycles. The minimum atomic E-state index is -1.79. The molecule has 0 bridgehead atoms. The van der Waals surface area contributed by atoms with Crippen molar-refractivity contribution >= 4 is 11.6 Å². The Morgan fingerprint density at radius 2 is 1.50 bits per heavy atom. The van der Waals surface area contributed by atoms with Crippen LogP contribution in [0.4, 0.5) is 0 Å². The highest BCUT2D eigenvalue weighted by Gasteiger charge is 2.10. The van der Waals surface area contributed by atoms with Gasteiger partial charge in [-0.2, -0.15) is 0 Å². The lowest BCUT2D eigenvalue weighted by atomic mass is 10.3. The molecule has 0 unspecified atom stereocenters. The largest absolute Gasteiger partial charge is 0.393 e. The van der Waals surface area contributed by atoms with Gasteiger partial charge in [0.05, 0.1) is 6.61 Å². The SMILES string of the molecule is CC(=O)C(O)O.O=C(CO)[C@H](O)CO. The van der Waals surface area contributed by atoms with E-state index in [2.05, 4.69) is 0 Å². The second kappa shape index (κ2) is 8.73. The smallest absolute Gasteiger partial charge is 0.212 e. The van der Waals surface area contributed by atoms with Crippen molar-refractivity contribution in [2.45, 2.75) is 19.3 Å². The predicted molar refractivity (Wildman–Crippen MR) is 44.1 cm³/mol. The Morgan fingerprint density at radius 1 is 1.14 bits per heavy atom. The van der Waals surface area contributed by atoms with E-state index in [0.717, 1.165) is 6.92 Å². The van der Waals surface area contributed by atoms with Crippen molar-refractivity contribution in [1.82, 2.24) is 0 Å². The molecule has 0 aliphatic carbocycles. The van der Waals surface area contributed by atoms with Crippen molar-refractivity contribution in [3.05, 3.63) is 0 Å². The molecule has 0 aromatic heterocycles. The van der Waals surface area contributed by atoms with Crippen LogP contribution in [0.5, 0.6) is 0 Å². The van der Waals surface area contributed by atoms with Gasteiger partial charge in [0.25, 0.3) is 0 Å².